The lowest BCUT2D eigenvalue weighted by atomic mass is 10.1. The van der Waals surface area contributed by atoms with E-state index in [9.17, 15) is 22.6 Å². The van der Waals surface area contributed by atoms with Gasteiger partial charge in [0.15, 0.2) is 11.4 Å². The molecule has 274 valence electrons. The molecule has 0 atom stereocenters. The summed E-state index contributed by atoms with van der Waals surface area (Å²) in [5.74, 6) is -0.487. The molecule has 4 aromatic heterocycles. The molecular formula is C43H37N6O5S+. The van der Waals surface area contributed by atoms with Crippen molar-refractivity contribution >= 4 is 44.6 Å². The van der Waals surface area contributed by atoms with Crippen LogP contribution in [0.2, 0.25) is 0 Å². The lowest BCUT2D eigenvalue weighted by molar-refractivity contribution is -0.633. The normalized spacial score (nSPS) is 11.2. The second-order valence-electron chi connectivity index (χ2n) is 13.0. The van der Waals surface area contributed by atoms with Gasteiger partial charge in [-0.05, 0) is 104 Å². The van der Waals surface area contributed by atoms with Gasteiger partial charge >= 0.3 is 0 Å². The monoisotopic (exact) mass is 749 g/mol. The summed E-state index contributed by atoms with van der Waals surface area (Å²) in [5.41, 5.74) is 9.66. The molecule has 0 bridgehead atoms. The molecule has 11 nitrogen and oxygen atoms in total. The molecule has 0 unspecified atom stereocenters. The first-order valence-corrected chi connectivity index (χ1v) is 18.7. The fraction of sp³-hybridized carbons (Fsp3) is 0.0698. The number of hydrogen-bond donors (Lipinski definition) is 2. The quantitative estimate of drug-likeness (QED) is 0.141. The van der Waals surface area contributed by atoms with Gasteiger partial charge in [0.1, 0.15) is 22.5 Å². The van der Waals surface area contributed by atoms with Gasteiger partial charge in [-0.2, -0.15) is 0 Å². The number of hydrogen-bond acceptors (Lipinski definition) is 5. The van der Waals surface area contributed by atoms with Crippen LogP contribution in [0.1, 0.15) is 26.3 Å². The van der Waals surface area contributed by atoms with Crippen LogP contribution in [0.25, 0.3) is 33.8 Å². The van der Waals surface area contributed by atoms with Crippen LogP contribution in [0.15, 0.2) is 163 Å². The molecule has 0 radical (unpaired) electrons. The van der Waals surface area contributed by atoms with E-state index in [-0.39, 0.29) is 16.7 Å². The van der Waals surface area contributed by atoms with Gasteiger partial charge in [-0.25, -0.2) is 26.4 Å². The highest BCUT2D eigenvalue weighted by Crippen LogP contribution is 2.22. The van der Waals surface area contributed by atoms with E-state index in [4.69, 9.17) is 0 Å². The molecule has 0 aliphatic carbocycles. The third kappa shape index (κ3) is 8.05. The Hall–Kier alpha value is -6.89. The van der Waals surface area contributed by atoms with Gasteiger partial charge in [0.2, 0.25) is 0 Å². The molecule has 4 aromatic carbocycles. The van der Waals surface area contributed by atoms with Crippen molar-refractivity contribution < 1.29 is 31.7 Å². The largest absolute Gasteiger partial charge is 0.744 e. The minimum atomic E-state index is -4.27. The van der Waals surface area contributed by atoms with E-state index in [2.05, 4.69) is 53.1 Å². The molecule has 0 aliphatic rings. The number of imidazole rings is 2. The number of aromatic nitrogens is 4. The van der Waals surface area contributed by atoms with Gasteiger partial charge in [0.05, 0.1) is 31.4 Å². The summed E-state index contributed by atoms with van der Waals surface area (Å²) in [5, 5.41) is 5.89. The van der Waals surface area contributed by atoms with Crippen LogP contribution in [0.5, 0.6) is 0 Å². The highest BCUT2D eigenvalue weighted by Gasteiger charge is 2.17. The first-order chi connectivity index (χ1) is 26.4. The molecule has 55 heavy (non-hydrogen) atoms. The average Bonchev–Trinajstić information content (AvgIpc) is 3.71. The van der Waals surface area contributed by atoms with Crippen molar-refractivity contribution in [3.63, 3.8) is 0 Å². The van der Waals surface area contributed by atoms with Crippen molar-refractivity contribution in [1.29, 1.82) is 0 Å². The molecule has 2 N–H and O–H groups in total. The van der Waals surface area contributed by atoms with E-state index in [0.717, 1.165) is 39.4 Å². The van der Waals surface area contributed by atoms with E-state index in [1.165, 1.54) is 12.1 Å². The Bertz CT molecular complexity index is 2620. The van der Waals surface area contributed by atoms with E-state index < -0.39 is 10.1 Å². The summed E-state index contributed by atoms with van der Waals surface area (Å²) in [7, 11) is -0.201. The van der Waals surface area contributed by atoms with Crippen LogP contribution >= 0.6 is 0 Å². The molecule has 2 amide bonds. The number of nitrogens with zero attached hydrogens (tertiary/aromatic N) is 4. The summed E-state index contributed by atoms with van der Waals surface area (Å²) >= 11 is 0. The van der Waals surface area contributed by atoms with Crippen LogP contribution in [-0.4, -0.2) is 33.6 Å². The Morgan fingerprint density at radius 1 is 0.564 bits per heavy atom. The Balaban J connectivity index is 0.000000366. The van der Waals surface area contributed by atoms with Crippen molar-refractivity contribution in [2.45, 2.75) is 11.8 Å². The molecule has 0 saturated heterocycles. The number of anilines is 2. The van der Waals surface area contributed by atoms with Crippen molar-refractivity contribution in [2.75, 3.05) is 10.6 Å². The third-order valence-electron chi connectivity index (χ3n) is 9.26. The summed E-state index contributed by atoms with van der Waals surface area (Å²) in [6, 6.07) is 40.1. The van der Waals surface area contributed by atoms with Gasteiger partial charge in [0, 0.05) is 45.8 Å². The predicted molar refractivity (Wildman–Crippen MR) is 210 cm³/mol. The zero-order valence-electron chi connectivity index (χ0n) is 30.2. The number of pyridine rings is 2. The van der Waals surface area contributed by atoms with Crippen molar-refractivity contribution in [2.24, 2.45) is 14.1 Å². The summed E-state index contributed by atoms with van der Waals surface area (Å²) < 4.78 is 39.6. The fourth-order valence-corrected chi connectivity index (χ4v) is 6.70. The topological polar surface area (TPSA) is 132 Å². The van der Waals surface area contributed by atoms with Gasteiger partial charge in [-0.1, -0.05) is 29.8 Å². The van der Waals surface area contributed by atoms with E-state index in [0.29, 0.717) is 22.5 Å². The van der Waals surface area contributed by atoms with Crippen LogP contribution in [0.3, 0.4) is 0 Å². The maximum absolute atomic E-state index is 12.9. The van der Waals surface area contributed by atoms with Crippen LogP contribution < -0.4 is 19.8 Å². The number of benzene rings is 4. The molecule has 0 spiro atoms. The molecule has 0 aliphatic heterocycles. The number of carbonyl (C=O) groups is 2. The first-order valence-electron chi connectivity index (χ1n) is 17.3. The highest BCUT2D eigenvalue weighted by atomic mass is 32.2. The maximum Gasteiger partial charge on any atom is 0.286 e. The predicted octanol–water partition coefficient (Wildman–Crippen LogP) is 6.58. The SMILES string of the molecule is C[n+]1c(-c2ccc(NC(=O)c3ccc(C(=O)Nc4ccc(-c5cn6ccccc6[n+]5C)cc4)cc3)cc2)cn2ccccc21.Cc1ccc(S(=O)(=O)[O-])cc1. The Morgan fingerprint density at radius 2 is 0.964 bits per heavy atom. The first kappa shape index (κ1) is 36.5. The summed E-state index contributed by atoms with van der Waals surface area (Å²) in [6.45, 7) is 1.82. The average molecular weight is 750 g/mol. The Morgan fingerprint density at radius 3 is 1.33 bits per heavy atom. The minimum Gasteiger partial charge on any atom is -0.744 e. The lowest BCUT2D eigenvalue weighted by Gasteiger charge is -2.08. The maximum atomic E-state index is 12.9. The third-order valence-corrected chi connectivity index (χ3v) is 10.1. The Kier molecular flexibility index (Phi) is 10.1. The van der Waals surface area contributed by atoms with Gasteiger partial charge in [-0.15, -0.1) is 0 Å². The fourth-order valence-electron chi connectivity index (χ4n) is 6.23. The molecule has 8 aromatic rings. The van der Waals surface area contributed by atoms with Crippen LogP contribution in [0, 0.1) is 6.92 Å². The summed E-state index contributed by atoms with van der Waals surface area (Å²) in [6.07, 6.45) is 8.21. The number of carbonyl (C=O) groups excluding carboxylic acids is 2. The van der Waals surface area contributed by atoms with Crippen LogP contribution in [0.4, 0.5) is 11.4 Å². The van der Waals surface area contributed by atoms with E-state index in [1.807, 2.05) is 106 Å². The number of fused-ring (bicyclic) bond motifs is 2. The smallest absolute Gasteiger partial charge is 0.286 e. The van der Waals surface area contributed by atoms with Gasteiger partial charge in [0.25, 0.3) is 23.1 Å². The molecule has 8 rings (SSSR count). The highest BCUT2D eigenvalue weighted by molar-refractivity contribution is 7.85. The standard InChI is InChI=1S/C36H28N6O2.C7H8O3S/c1-39-31(23-41-21-5-3-7-33(39)41)25-13-17-29(18-14-25)37-35(43)27-9-11-28(12-10-27)36(44)38-30-19-15-26(16-20-30)32-24-42-22-6-4-8-34(42)40(32)2;1-6-2-4-7(5-3-6)11(8,9)10/h3-24H,1-2H3;2-5H,1H3,(H,8,9,10)/p+1. The number of nitrogens with one attached hydrogen (secondary N) is 2. The number of rotatable bonds is 7. The van der Waals surface area contributed by atoms with Gasteiger partial charge < -0.3 is 15.2 Å². The van der Waals surface area contributed by atoms with Crippen LogP contribution in [-0.2, 0) is 24.2 Å². The molecule has 12 heteroatoms. The molecule has 4 heterocycles. The zero-order valence-corrected chi connectivity index (χ0v) is 31.1. The lowest BCUT2D eigenvalue weighted by Crippen LogP contribution is -2.29. The number of aryl methyl sites for hydroxylation is 3. The Labute approximate surface area is 318 Å². The molecular weight excluding hydrogens is 713 g/mol. The van der Waals surface area contributed by atoms with Crippen molar-refractivity contribution in [3.8, 4) is 22.5 Å². The van der Waals surface area contributed by atoms with Gasteiger partial charge in [-0.3, -0.25) is 9.59 Å². The van der Waals surface area contributed by atoms with Crippen molar-refractivity contribution in [1.82, 2.24) is 8.80 Å². The zero-order chi connectivity index (χ0) is 38.7. The minimum absolute atomic E-state index is 0.178. The van der Waals surface area contributed by atoms with E-state index >= 15 is 0 Å². The van der Waals surface area contributed by atoms with E-state index in [1.54, 1.807) is 36.4 Å². The second kappa shape index (κ2) is 15.2. The molecule has 0 fully saturated rings. The second-order valence-corrected chi connectivity index (χ2v) is 14.4. The molecule has 0 saturated carbocycles. The number of amides is 2. The summed E-state index contributed by atoms with van der Waals surface area (Å²) in [4.78, 5) is 25.7. The van der Waals surface area contributed by atoms with Crippen molar-refractivity contribution in [3.05, 3.63) is 175 Å².